The lowest BCUT2D eigenvalue weighted by Crippen LogP contribution is -2.21. The summed E-state index contributed by atoms with van der Waals surface area (Å²) in [6.07, 6.45) is 0.696. The minimum Gasteiger partial charge on any atom is -0.408 e. The SMILES string of the molecule is CC1OCCC1C(=O)c1ccc2[nH]c(=O)oc2c1. The number of carbonyl (C=O) groups excluding carboxylic acids is 1. The van der Waals surface area contributed by atoms with Crippen molar-refractivity contribution in [2.45, 2.75) is 19.4 Å². The molecular weight excluding hydrogens is 234 g/mol. The van der Waals surface area contributed by atoms with E-state index in [1.165, 1.54) is 0 Å². The fourth-order valence-corrected chi connectivity index (χ4v) is 2.39. The van der Waals surface area contributed by atoms with Crippen molar-refractivity contribution in [2.24, 2.45) is 5.92 Å². The van der Waals surface area contributed by atoms with E-state index in [2.05, 4.69) is 4.98 Å². The molecule has 1 fully saturated rings. The first-order chi connectivity index (χ1) is 8.65. The molecule has 0 bridgehead atoms. The van der Waals surface area contributed by atoms with Crippen LogP contribution in [0.25, 0.3) is 11.1 Å². The third-order valence-corrected chi connectivity index (χ3v) is 3.42. The van der Waals surface area contributed by atoms with Crippen molar-refractivity contribution in [3.8, 4) is 0 Å². The summed E-state index contributed by atoms with van der Waals surface area (Å²) in [6, 6.07) is 5.01. The highest BCUT2D eigenvalue weighted by atomic mass is 16.5. The number of ether oxygens (including phenoxy) is 1. The summed E-state index contributed by atoms with van der Waals surface area (Å²) in [5, 5.41) is 0. The Morgan fingerprint density at radius 2 is 2.28 bits per heavy atom. The van der Waals surface area contributed by atoms with Crippen molar-refractivity contribution in [3.63, 3.8) is 0 Å². The number of carbonyl (C=O) groups is 1. The first-order valence-corrected chi connectivity index (χ1v) is 5.94. The second-order valence-corrected chi connectivity index (χ2v) is 4.56. The zero-order valence-electron chi connectivity index (χ0n) is 9.93. The van der Waals surface area contributed by atoms with Crippen LogP contribution in [0.4, 0.5) is 0 Å². The number of aromatic amines is 1. The molecule has 5 heteroatoms. The summed E-state index contributed by atoms with van der Waals surface area (Å²) in [4.78, 5) is 25.9. The molecule has 2 heterocycles. The maximum Gasteiger partial charge on any atom is 0.417 e. The highest BCUT2D eigenvalue weighted by Gasteiger charge is 2.31. The summed E-state index contributed by atoms with van der Waals surface area (Å²) in [5.41, 5.74) is 1.58. The third kappa shape index (κ3) is 1.76. The summed E-state index contributed by atoms with van der Waals surface area (Å²) < 4.78 is 10.4. The monoisotopic (exact) mass is 247 g/mol. The standard InChI is InChI=1S/C13H13NO4/c1-7-9(4-5-17-7)12(15)8-2-3-10-11(6-8)18-13(16)14-10/h2-3,6-7,9H,4-5H2,1H3,(H,14,16). The number of fused-ring (bicyclic) bond motifs is 1. The molecule has 1 aromatic carbocycles. The van der Waals surface area contributed by atoms with Gasteiger partial charge in [0.15, 0.2) is 11.4 Å². The quantitative estimate of drug-likeness (QED) is 0.820. The van der Waals surface area contributed by atoms with Crippen LogP contribution in [-0.4, -0.2) is 23.5 Å². The van der Waals surface area contributed by atoms with Crippen molar-refractivity contribution in [2.75, 3.05) is 6.61 Å². The molecular formula is C13H13NO4. The molecule has 2 aromatic rings. The van der Waals surface area contributed by atoms with Crippen LogP contribution in [0.2, 0.25) is 0 Å². The molecule has 0 aliphatic carbocycles. The van der Waals surface area contributed by atoms with Crippen LogP contribution in [-0.2, 0) is 4.74 Å². The Morgan fingerprint density at radius 1 is 1.44 bits per heavy atom. The average Bonchev–Trinajstić information content (AvgIpc) is 2.91. The zero-order chi connectivity index (χ0) is 12.7. The molecule has 1 aromatic heterocycles. The Labute approximate surface area is 103 Å². The van der Waals surface area contributed by atoms with E-state index in [-0.39, 0.29) is 17.8 Å². The third-order valence-electron chi connectivity index (χ3n) is 3.42. The highest BCUT2D eigenvalue weighted by molar-refractivity contribution is 6.00. The van der Waals surface area contributed by atoms with Crippen LogP contribution >= 0.6 is 0 Å². The number of aromatic nitrogens is 1. The number of benzene rings is 1. The number of hydrogen-bond donors (Lipinski definition) is 1. The Hall–Kier alpha value is -1.88. The largest absolute Gasteiger partial charge is 0.417 e. The van der Waals surface area contributed by atoms with Gasteiger partial charge in [0, 0.05) is 12.2 Å². The van der Waals surface area contributed by atoms with Crippen LogP contribution in [0, 0.1) is 5.92 Å². The van der Waals surface area contributed by atoms with E-state index in [4.69, 9.17) is 9.15 Å². The van der Waals surface area contributed by atoms with Crippen molar-refractivity contribution in [3.05, 3.63) is 34.3 Å². The molecule has 0 spiro atoms. The number of oxazole rings is 1. The fraction of sp³-hybridized carbons (Fsp3) is 0.385. The van der Waals surface area contributed by atoms with Gasteiger partial charge in [-0.05, 0) is 31.5 Å². The van der Waals surface area contributed by atoms with E-state index >= 15 is 0 Å². The lowest BCUT2D eigenvalue weighted by Gasteiger charge is -2.12. The lowest BCUT2D eigenvalue weighted by atomic mass is 9.92. The van der Waals surface area contributed by atoms with E-state index in [9.17, 15) is 9.59 Å². The molecule has 2 atom stereocenters. The van der Waals surface area contributed by atoms with Crippen LogP contribution in [0.5, 0.6) is 0 Å². The van der Waals surface area contributed by atoms with E-state index in [0.717, 1.165) is 6.42 Å². The van der Waals surface area contributed by atoms with Crippen LogP contribution in [0.15, 0.2) is 27.4 Å². The van der Waals surface area contributed by atoms with E-state index < -0.39 is 5.76 Å². The van der Waals surface area contributed by atoms with E-state index in [0.29, 0.717) is 23.3 Å². The first-order valence-electron chi connectivity index (χ1n) is 5.94. The fourth-order valence-electron chi connectivity index (χ4n) is 2.39. The molecule has 0 amide bonds. The predicted molar refractivity (Wildman–Crippen MR) is 64.7 cm³/mol. The Kier molecular flexibility index (Phi) is 2.56. The number of Topliss-reactive ketones (excluding diaryl/α,β-unsaturated/α-hetero) is 1. The average molecular weight is 247 g/mol. The van der Waals surface area contributed by atoms with Gasteiger partial charge in [-0.2, -0.15) is 0 Å². The van der Waals surface area contributed by atoms with Gasteiger partial charge in [0.2, 0.25) is 0 Å². The second kappa shape index (κ2) is 4.10. The van der Waals surface area contributed by atoms with Gasteiger partial charge in [-0.1, -0.05) is 0 Å². The highest BCUT2D eigenvalue weighted by Crippen LogP contribution is 2.25. The Morgan fingerprint density at radius 3 is 3.00 bits per heavy atom. The molecule has 18 heavy (non-hydrogen) atoms. The molecule has 1 aliphatic heterocycles. The lowest BCUT2D eigenvalue weighted by molar-refractivity contribution is 0.0764. The molecule has 1 aliphatic rings. The number of rotatable bonds is 2. The summed E-state index contributed by atoms with van der Waals surface area (Å²) >= 11 is 0. The van der Waals surface area contributed by atoms with E-state index in [1.807, 2.05) is 6.92 Å². The molecule has 3 rings (SSSR count). The van der Waals surface area contributed by atoms with Crippen molar-refractivity contribution >= 4 is 16.9 Å². The smallest absolute Gasteiger partial charge is 0.408 e. The van der Waals surface area contributed by atoms with Gasteiger partial charge in [0.05, 0.1) is 17.5 Å². The van der Waals surface area contributed by atoms with Crippen LogP contribution in [0.1, 0.15) is 23.7 Å². The van der Waals surface area contributed by atoms with Crippen molar-refractivity contribution in [1.29, 1.82) is 0 Å². The maximum atomic E-state index is 12.3. The van der Waals surface area contributed by atoms with Gasteiger partial charge in [-0.15, -0.1) is 0 Å². The molecule has 2 unspecified atom stereocenters. The molecule has 1 N–H and O–H groups in total. The van der Waals surface area contributed by atoms with Gasteiger partial charge in [0.1, 0.15) is 0 Å². The van der Waals surface area contributed by atoms with Crippen LogP contribution in [0.3, 0.4) is 0 Å². The van der Waals surface area contributed by atoms with Gasteiger partial charge in [0.25, 0.3) is 0 Å². The summed E-state index contributed by atoms with van der Waals surface area (Å²) in [7, 11) is 0. The normalized spacial score (nSPS) is 23.6. The van der Waals surface area contributed by atoms with E-state index in [1.54, 1.807) is 18.2 Å². The van der Waals surface area contributed by atoms with Crippen molar-refractivity contribution < 1.29 is 13.9 Å². The predicted octanol–water partition coefficient (Wildman–Crippen LogP) is 1.73. The van der Waals surface area contributed by atoms with Gasteiger partial charge >= 0.3 is 5.76 Å². The molecule has 0 radical (unpaired) electrons. The minimum atomic E-state index is -0.507. The zero-order valence-corrected chi connectivity index (χ0v) is 9.93. The number of H-pyrrole nitrogens is 1. The Bertz CT molecular complexity index is 654. The minimum absolute atomic E-state index is 0.0470. The number of nitrogens with one attached hydrogen (secondary N) is 1. The molecule has 5 nitrogen and oxygen atoms in total. The van der Waals surface area contributed by atoms with Gasteiger partial charge in [-0.3, -0.25) is 9.78 Å². The molecule has 94 valence electrons. The van der Waals surface area contributed by atoms with Gasteiger partial charge in [-0.25, -0.2) is 4.79 Å². The molecule has 1 saturated heterocycles. The summed E-state index contributed by atoms with van der Waals surface area (Å²) in [6.45, 7) is 2.53. The topological polar surface area (TPSA) is 72.3 Å². The van der Waals surface area contributed by atoms with Crippen LogP contribution < -0.4 is 5.76 Å². The molecule has 0 saturated carbocycles. The number of hydrogen-bond acceptors (Lipinski definition) is 4. The summed E-state index contributed by atoms with van der Waals surface area (Å²) in [5.74, 6) is -0.564. The van der Waals surface area contributed by atoms with Crippen molar-refractivity contribution in [1.82, 2.24) is 4.98 Å². The van der Waals surface area contributed by atoms with Gasteiger partial charge < -0.3 is 9.15 Å². The maximum absolute atomic E-state index is 12.3. The Balaban J connectivity index is 1.98. The second-order valence-electron chi connectivity index (χ2n) is 4.56. The number of ketones is 1. The first kappa shape index (κ1) is 11.2.